The molecule has 0 heterocycles. The molecule has 4 nitrogen and oxygen atoms in total. The second-order valence-corrected chi connectivity index (χ2v) is 5.48. The van der Waals surface area contributed by atoms with E-state index < -0.39 is 0 Å². The van der Waals surface area contributed by atoms with Crippen LogP contribution in [0.25, 0.3) is 0 Å². The molecule has 118 valence electrons. The number of nitroso groups, excluding NO2 is 1. The van der Waals surface area contributed by atoms with E-state index >= 15 is 0 Å². The lowest BCUT2D eigenvalue weighted by Gasteiger charge is -2.20. The quantitative estimate of drug-likeness (QED) is 0.466. The van der Waals surface area contributed by atoms with E-state index in [9.17, 15) is 4.91 Å². The van der Waals surface area contributed by atoms with Crippen molar-refractivity contribution in [1.29, 1.82) is 0 Å². The lowest BCUT2D eigenvalue weighted by molar-refractivity contribution is 0.268. The first-order valence-corrected chi connectivity index (χ1v) is 8.15. The summed E-state index contributed by atoms with van der Waals surface area (Å²) in [6, 6.07) is 7.43. The SMILES string of the molecule is CCCN(CCC)CCCCNCc1ccc(N=O)cc1. The molecule has 4 heteroatoms. The van der Waals surface area contributed by atoms with E-state index in [1.54, 1.807) is 12.1 Å². The van der Waals surface area contributed by atoms with Gasteiger partial charge in [-0.2, -0.15) is 0 Å². The van der Waals surface area contributed by atoms with Crippen LogP contribution in [0.5, 0.6) is 0 Å². The van der Waals surface area contributed by atoms with Crippen LogP contribution in [-0.4, -0.2) is 31.1 Å². The van der Waals surface area contributed by atoms with Crippen molar-refractivity contribution in [1.82, 2.24) is 10.2 Å². The monoisotopic (exact) mass is 291 g/mol. The number of hydrogen-bond acceptors (Lipinski definition) is 4. The maximum absolute atomic E-state index is 10.3. The van der Waals surface area contributed by atoms with Crippen LogP contribution in [0.4, 0.5) is 5.69 Å². The number of benzene rings is 1. The van der Waals surface area contributed by atoms with Crippen molar-refractivity contribution in [3.8, 4) is 0 Å². The van der Waals surface area contributed by atoms with Crippen molar-refractivity contribution >= 4 is 5.69 Å². The Bertz CT molecular complexity index is 372. The van der Waals surface area contributed by atoms with Crippen LogP contribution in [-0.2, 0) is 6.54 Å². The highest BCUT2D eigenvalue weighted by atomic mass is 16.3. The number of hydrogen-bond donors (Lipinski definition) is 1. The largest absolute Gasteiger partial charge is 0.313 e. The Labute approximate surface area is 128 Å². The highest BCUT2D eigenvalue weighted by Crippen LogP contribution is 2.11. The van der Waals surface area contributed by atoms with Gasteiger partial charge in [0.25, 0.3) is 0 Å². The number of nitrogens with zero attached hydrogens (tertiary/aromatic N) is 2. The van der Waals surface area contributed by atoms with Gasteiger partial charge in [-0.05, 0) is 74.7 Å². The van der Waals surface area contributed by atoms with Crippen LogP contribution < -0.4 is 5.32 Å². The average Bonchev–Trinajstić information content (AvgIpc) is 2.51. The minimum absolute atomic E-state index is 0.491. The molecule has 1 rings (SSSR count). The Morgan fingerprint density at radius 2 is 1.67 bits per heavy atom. The Balaban J connectivity index is 2.09. The molecule has 0 aliphatic rings. The predicted octanol–water partition coefficient (Wildman–Crippen LogP) is 4.08. The molecular weight excluding hydrogens is 262 g/mol. The van der Waals surface area contributed by atoms with Gasteiger partial charge in [0, 0.05) is 6.54 Å². The van der Waals surface area contributed by atoms with E-state index in [0.717, 1.165) is 13.1 Å². The normalized spacial score (nSPS) is 11.0. The Morgan fingerprint density at radius 3 is 2.24 bits per heavy atom. The zero-order valence-corrected chi connectivity index (χ0v) is 13.5. The van der Waals surface area contributed by atoms with Gasteiger partial charge in [0.15, 0.2) is 0 Å². The summed E-state index contributed by atoms with van der Waals surface area (Å²) in [5.41, 5.74) is 1.69. The van der Waals surface area contributed by atoms with Crippen LogP contribution in [0.15, 0.2) is 29.4 Å². The molecule has 0 saturated heterocycles. The highest BCUT2D eigenvalue weighted by Gasteiger charge is 2.01. The molecule has 0 aliphatic heterocycles. The van der Waals surface area contributed by atoms with Crippen LogP contribution in [0.1, 0.15) is 45.1 Å². The summed E-state index contributed by atoms with van der Waals surface area (Å²) in [6.07, 6.45) is 4.94. The van der Waals surface area contributed by atoms with Gasteiger partial charge in [0.1, 0.15) is 5.69 Å². The lowest BCUT2D eigenvalue weighted by atomic mass is 10.2. The highest BCUT2D eigenvalue weighted by molar-refractivity contribution is 5.38. The molecule has 21 heavy (non-hydrogen) atoms. The minimum Gasteiger partial charge on any atom is -0.313 e. The number of unbranched alkanes of at least 4 members (excludes halogenated alkanes) is 1. The van der Waals surface area contributed by atoms with Crippen LogP contribution in [0.2, 0.25) is 0 Å². The van der Waals surface area contributed by atoms with Crippen LogP contribution >= 0.6 is 0 Å². The average molecular weight is 291 g/mol. The number of nitrogens with one attached hydrogen (secondary N) is 1. The summed E-state index contributed by atoms with van der Waals surface area (Å²) >= 11 is 0. The topological polar surface area (TPSA) is 44.7 Å². The molecule has 0 unspecified atom stereocenters. The minimum atomic E-state index is 0.491. The third kappa shape index (κ3) is 7.93. The van der Waals surface area contributed by atoms with Crippen molar-refractivity contribution < 1.29 is 0 Å². The van der Waals surface area contributed by atoms with Crippen molar-refractivity contribution in [3.63, 3.8) is 0 Å². The predicted molar refractivity (Wildman–Crippen MR) is 89.9 cm³/mol. The van der Waals surface area contributed by atoms with E-state index in [4.69, 9.17) is 0 Å². The standard InChI is InChI=1S/C17H29N3O/c1-3-12-20(13-4-2)14-6-5-11-18-15-16-7-9-17(19-21)10-8-16/h7-10,18H,3-6,11-15H2,1-2H3. The van der Waals surface area contributed by atoms with E-state index in [0.29, 0.717) is 5.69 Å². The zero-order valence-electron chi connectivity index (χ0n) is 13.5. The molecule has 0 bridgehead atoms. The van der Waals surface area contributed by atoms with Crippen LogP contribution in [0.3, 0.4) is 0 Å². The first kappa shape index (κ1) is 17.8. The van der Waals surface area contributed by atoms with E-state index in [1.165, 1.54) is 50.9 Å². The third-order valence-electron chi connectivity index (χ3n) is 3.53. The smallest absolute Gasteiger partial charge is 0.108 e. The van der Waals surface area contributed by atoms with Gasteiger partial charge >= 0.3 is 0 Å². The summed E-state index contributed by atoms with van der Waals surface area (Å²) in [5.74, 6) is 0. The summed E-state index contributed by atoms with van der Waals surface area (Å²) in [7, 11) is 0. The van der Waals surface area contributed by atoms with Gasteiger partial charge in [0.2, 0.25) is 0 Å². The van der Waals surface area contributed by atoms with E-state index in [1.807, 2.05) is 12.1 Å². The number of rotatable bonds is 12. The molecule has 0 aromatic heterocycles. The van der Waals surface area contributed by atoms with Gasteiger partial charge in [-0.3, -0.25) is 0 Å². The molecule has 1 N–H and O–H groups in total. The summed E-state index contributed by atoms with van der Waals surface area (Å²) in [5, 5.41) is 6.35. The fraction of sp³-hybridized carbons (Fsp3) is 0.647. The molecule has 0 aliphatic carbocycles. The van der Waals surface area contributed by atoms with Gasteiger partial charge < -0.3 is 10.2 Å². The summed E-state index contributed by atoms with van der Waals surface area (Å²) in [4.78, 5) is 12.9. The molecule has 0 saturated carbocycles. The maximum atomic E-state index is 10.3. The molecule has 1 aromatic carbocycles. The lowest BCUT2D eigenvalue weighted by Crippen LogP contribution is -2.27. The Hall–Kier alpha value is -1.26. The molecule has 0 radical (unpaired) electrons. The van der Waals surface area contributed by atoms with Crippen molar-refractivity contribution in [2.45, 2.75) is 46.1 Å². The fourth-order valence-electron chi connectivity index (χ4n) is 2.46. The van der Waals surface area contributed by atoms with Crippen molar-refractivity contribution in [2.24, 2.45) is 5.18 Å². The van der Waals surface area contributed by atoms with Gasteiger partial charge in [-0.25, -0.2) is 0 Å². The maximum Gasteiger partial charge on any atom is 0.108 e. The molecular formula is C17H29N3O. The van der Waals surface area contributed by atoms with Gasteiger partial charge in [-0.15, -0.1) is 4.91 Å². The molecule has 1 aromatic rings. The van der Waals surface area contributed by atoms with E-state index in [2.05, 4.69) is 29.2 Å². The van der Waals surface area contributed by atoms with Gasteiger partial charge in [-0.1, -0.05) is 26.0 Å². The van der Waals surface area contributed by atoms with Crippen molar-refractivity contribution in [3.05, 3.63) is 34.7 Å². The van der Waals surface area contributed by atoms with E-state index in [-0.39, 0.29) is 0 Å². The van der Waals surface area contributed by atoms with Crippen LogP contribution in [0, 0.1) is 4.91 Å². The second kappa shape index (κ2) is 11.4. The van der Waals surface area contributed by atoms with Crippen molar-refractivity contribution in [2.75, 3.05) is 26.2 Å². The molecule has 0 atom stereocenters. The third-order valence-corrected chi connectivity index (χ3v) is 3.53. The fourth-order valence-corrected chi connectivity index (χ4v) is 2.46. The molecule has 0 amide bonds. The Morgan fingerprint density at radius 1 is 1.00 bits per heavy atom. The summed E-state index contributed by atoms with van der Waals surface area (Å²) < 4.78 is 0. The summed E-state index contributed by atoms with van der Waals surface area (Å²) in [6.45, 7) is 10.0. The first-order valence-electron chi connectivity index (χ1n) is 8.15. The molecule has 0 spiro atoms. The second-order valence-electron chi connectivity index (χ2n) is 5.48. The first-order chi connectivity index (χ1) is 10.3. The Kier molecular flexibility index (Phi) is 9.66. The molecule has 0 fully saturated rings. The zero-order chi connectivity index (χ0) is 15.3. The van der Waals surface area contributed by atoms with Gasteiger partial charge in [0.05, 0.1) is 0 Å².